The molecule has 0 unspecified atom stereocenters. The van der Waals surface area contributed by atoms with Crippen LogP contribution < -0.4 is 32.0 Å². The predicted molar refractivity (Wildman–Crippen MR) is 261 cm³/mol. The van der Waals surface area contributed by atoms with Gasteiger partial charge in [-0.15, -0.1) is 0 Å². The number of phenolic OH excluding ortho intramolecular Hbond substituents is 1. The predicted octanol–water partition coefficient (Wildman–Crippen LogP) is 4.29. The number of anilines is 4. The number of rotatable bonds is 15. The number of aliphatic hydroxyl groups is 3. The van der Waals surface area contributed by atoms with Crippen LogP contribution in [0.15, 0.2) is 125 Å². The highest BCUT2D eigenvalue weighted by Crippen LogP contribution is 2.42. The highest BCUT2D eigenvalue weighted by atomic mass is 32.1. The first-order valence-corrected chi connectivity index (χ1v) is 22.2. The first kappa shape index (κ1) is 46.8. The molecule has 4 atom stereocenters. The van der Waals surface area contributed by atoms with Gasteiger partial charge in [0.2, 0.25) is 11.8 Å². The van der Waals surface area contributed by atoms with Crippen molar-refractivity contribution in [2.75, 3.05) is 35.6 Å². The summed E-state index contributed by atoms with van der Waals surface area (Å²) >= 11 is 5.44. The molecule has 2 aliphatic heterocycles. The van der Waals surface area contributed by atoms with E-state index in [1.54, 1.807) is 72.8 Å². The first-order chi connectivity index (χ1) is 33.8. The van der Waals surface area contributed by atoms with Crippen molar-refractivity contribution in [2.45, 2.75) is 37.4 Å². The largest absolute Gasteiger partial charge is 0.508 e. The number of thiocarbonyl (C=S) groups is 1. The molecular formula is C49H43N9O11S. The highest BCUT2D eigenvalue weighted by molar-refractivity contribution is 7.80. The van der Waals surface area contributed by atoms with E-state index in [9.17, 15) is 44.7 Å². The summed E-state index contributed by atoms with van der Waals surface area (Å²) in [4.78, 5) is 63.4. The van der Waals surface area contributed by atoms with Crippen molar-refractivity contribution >= 4 is 80.1 Å². The van der Waals surface area contributed by atoms with Crippen molar-refractivity contribution < 1.29 is 49.1 Å². The van der Waals surface area contributed by atoms with E-state index in [1.165, 1.54) is 47.6 Å². The molecular weight excluding hydrogens is 923 g/mol. The molecule has 0 spiro atoms. The number of aromatic hydroxyl groups is 1. The topological polar surface area (TPSA) is 296 Å². The number of aliphatic hydroxyl groups excluding tert-OH is 3. The van der Waals surface area contributed by atoms with Gasteiger partial charge in [-0.1, -0.05) is 30.3 Å². The number of carboxylic acid groups (broad SMARTS) is 1. The first-order valence-electron chi connectivity index (χ1n) is 21.8. The molecule has 6 aromatic rings. The number of carbonyl (C=O) groups is 3. The monoisotopic (exact) mass is 965 g/mol. The lowest BCUT2D eigenvalue weighted by Gasteiger charge is -2.18. The van der Waals surface area contributed by atoms with Gasteiger partial charge in [-0.2, -0.15) is 0 Å². The Bertz CT molecular complexity index is 3310. The van der Waals surface area contributed by atoms with Crippen LogP contribution in [0.3, 0.4) is 0 Å². The average molecular weight is 966 g/mol. The molecule has 10 N–H and O–H groups in total. The van der Waals surface area contributed by atoms with Crippen molar-refractivity contribution in [3.8, 4) is 28.2 Å². The van der Waals surface area contributed by atoms with Crippen LogP contribution >= 0.6 is 12.2 Å². The Balaban J connectivity index is 0.723. The van der Waals surface area contributed by atoms with Crippen LogP contribution in [-0.4, -0.2) is 106 Å². The van der Waals surface area contributed by atoms with E-state index in [0.717, 1.165) is 11.1 Å². The molecule has 2 amide bonds. The number of carboxylic acids is 1. The van der Waals surface area contributed by atoms with E-state index in [4.69, 9.17) is 21.4 Å². The van der Waals surface area contributed by atoms with Crippen LogP contribution in [0.5, 0.6) is 5.75 Å². The van der Waals surface area contributed by atoms with E-state index >= 15 is 0 Å². The Morgan fingerprint density at radius 3 is 2.17 bits per heavy atom. The van der Waals surface area contributed by atoms with Crippen molar-refractivity contribution in [1.29, 1.82) is 0 Å². The second kappa shape index (κ2) is 20.1. The van der Waals surface area contributed by atoms with Gasteiger partial charge in [0.25, 0.3) is 0 Å². The molecule has 4 aromatic carbocycles. The van der Waals surface area contributed by atoms with E-state index in [-0.39, 0.29) is 70.9 Å². The SMILES string of the molecule is O=C(Cc1ccc(NC(=O)Cc2ccc(Nc3ncnc4c3ncn4[C@@H]3O[C@H](CO)[C@@H](O)[C@H]3O)cc2)cc1)NCCNC(=S)Nc1ccc(-c2c3ccc(=O)cc-3oc3cc(O)ccc23)c(C(=O)O)c1. The van der Waals surface area contributed by atoms with Gasteiger partial charge in [-0.3, -0.25) is 19.0 Å². The second-order valence-corrected chi connectivity index (χ2v) is 16.7. The van der Waals surface area contributed by atoms with Gasteiger partial charge in [0.1, 0.15) is 41.7 Å². The number of hydrogen-bond acceptors (Lipinski definition) is 15. The van der Waals surface area contributed by atoms with Crippen LogP contribution in [0.25, 0.3) is 44.6 Å². The van der Waals surface area contributed by atoms with E-state index < -0.39 is 37.1 Å². The number of phenols is 1. The number of aromatic nitrogens is 4. The lowest BCUT2D eigenvalue weighted by atomic mass is 9.90. The Morgan fingerprint density at radius 1 is 0.743 bits per heavy atom. The molecule has 70 heavy (non-hydrogen) atoms. The standard InChI is InChI=1S/C49H43N9O11S/c59-22-38-43(64)44(65)47(69-38)58-24-54-42-45(52-23-53-46(42)58)56-28-7-3-26(4-8-28)18-40(63)55-27-5-1-25(2-6-27)17-39(62)50-15-16-51-49(70)57-29-9-12-32(35(19-29)48(66)67)41-33-13-10-30(60)20-36(33)68-37-21-31(61)11-14-34(37)41/h1-14,19-21,23-24,38,43-44,47,59-60,64-65H,15-18,22H2,(H,50,62)(H,55,63)(H,66,67)(H2,51,57,70)(H,52,53,56)/t38-,43-,44-,47-/m1/s1. The zero-order valence-electron chi connectivity index (χ0n) is 36.7. The highest BCUT2D eigenvalue weighted by Gasteiger charge is 2.44. The van der Waals surface area contributed by atoms with Gasteiger partial charge in [-0.25, -0.2) is 19.7 Å². The van der Waals surface area contributed by atoms with Gasteiger partial charge in [0, 0.05) is 58.8 Å². The van der Waals surface area contributed by atoms with Gasteiger partial charge >= 0.3 is 5.97 Å². The fourth-order valence-corrected chi connectivity index (χ4v) is 8.37. The van der Waals surface area contributed by atoms with Crippen molar-refractivity contribution in [3.05, 3.63) is 143 Å². The quantitative estimate of drug-likeness (QED) is 0.0389. The van der Waals surface area contributed by atoms with Crippen LogP contribution in [0.2, 0.25) is 0 Å². The molecule has 3 aliphatic rings. The third kappa shape index (κ3) is 10.1. The molecule has 356 valence electrons. The second-order valence-electron chi connectivity index (χ2n) is 16.3. The maximum atomic E-state index is 12.9. The number of nitrogens with one attached hydrogen (secondary N) is 5. The minimum Gasteiger partial charge on any atom is -0.508 e. The number of fused-ring (bicyclic) bond motifs is 3. The minimum absolute atomic E-state index is 0.0447. The fraction of sp³-hybridized carbons (Fsp3) is 0.184. The Kier molecular flexibility index (Phi) is 13.4. The zero-order valence-corrected chi connectivity index (χ0v) is 37.5. The molecule has 1 fully saturated rings. The number of imidazole rings is 1. The average Bonchev–Trinajstić information content (AvgIpc) is 3.90. The van der Waals surface area contributed by atoms with Crippen molar-refractivity contribution in [2.24, 2.45) is 0 Å². The van der Waals surface area contributed by atoms with Gasteiger partial charge in [0.15, 0.2) is 33.8 Å². The Labute approximate surface area is 402 Å². The summed E-state index contributed by atoms with van der Waals surface area (Å²) < 4.78 is 13.0. The normalized spacial score (nSPS) is 16.6. The van der Waals surface area contributed by atoms with E-state index in [2.05, 4.69) is 41.5 Å². The number of ether oxygens (including phenoxy) is 1. The van der Waals surface area contributed by atoms with Crippen LogP contribution in [-0.2, 0) is 27.2 Å². The third-order valence-electron chi connectivity index (χ3n) is 11.5. The van der Waals surface area contributed by atoms with Crippen molar-refractivity contribution in [1.82, 2.24) is 30.2 Å². The van der Waals surface area contributed by atoms with Crippen molar-refractivity contribution in [3.63, 3.8) is 0 Å². The summed E-state index contributed by atoms with van der Waals surface area (Å²) in [6, 6.07) is 27.6. The molecule has 0 bridgehead atoms. The molecule has 0 saturated carbocycles. The summed E-state index contributed by atoms with van der Waals surface area (Å²) in [5.41, 5.74) is 5.16. The number of amides is 2. The maximum absolute atomic E-state index is 12.9. The van der Waals surface area contributed by atoms with Crippen LogP contribution in [0, 0.1) is 0 Å². The molecule has 4 heterocycles. The Hall–Kier alpha value is -8.34. The van der Waals surface area contributed by atoms with Crippen LogP contribution in [0.1, 0.15) is 27.7 Å². The smallest absolute Gasteiger partial charge is 0.336 e. The minimum atomic E-state index is -1.30. The van der Waals surface area contributed by atoms with Gasteiger partial charge in [-0.05, 0) is 89.6 Å². The summed E-state index contributed by atoms with van der Waals surface area (Å²) in [7, 11) is 0. The molecule has 20 nitrogen and oxygen atoms in total. The molecule has 21 heteroatoms. The van der Waals surface area contributed by atoms with E-state index in [1.807, 2.05) is 0 Å². The summed E-state index contributed by atoms with van der Waals surface area (Å²) in [6.07, 6.45) is -1.61. The molecule has 9 rings (SSSR count). The lowest BCUT2D eigenvalue weighted by Crippen LogP contribution is -2.37. The number of hydrogen-bond donors (Lipinski definition) is 10. The number of benzene rings is 5. The summed E-state index contributed by atoms with van der Waals surface area (Å²) in [5, 5.41) is 66.1. The number of carbonyl (C=O) groups excluding carboxylic acids is 2. The summed E-state index contributed by atoms with van der Waals surface area (Å²) in [5.74, 6) is -1.12. The van der Waals surface area contributed by atoms with Gasteiger partial charge < -0.3 is 61.3 Å². The van der Waals surface area contributed by atoms with E-state index in [0.29, 0.717) is 56.1 Å². The van der Waals surface area contributed by atoms with Crippen LogP contribution in [0.4, 0.5) is 22.9 Å². The fourth-order valence-electron chi connectivity index (χ4n) is 8.15. The third-order valence-corrected chi connectivity index (χ3v) is 11.8. The van der Waals surface area contributed by atoms with Gasteiger partial charge in [0.05, 0.1) is 31.3 Å². The zero-order chi connectivity index (χ0) is 49.1. The molecule has 1 aliphatic carbocycles. The lowest BCUT2D eigenvalue weighted by molar-refractivity contribution is -0.120. The number of aromatic carboxylic acids is 1. The Morgan fingerprint density at radius 2 is 1.44 bits per heavy atom. The maximum Gasteiger partial charge on any atom is 0.336 e. The summed E-state index contributed by atoms with van der Waals surface area (Å²) in [6.45, 7) is 0.0448. The molecule has 1 saturated heterocycles. The molecule has 0 radical (unpaired) electrons. The molecule has 2 aromatic heterocycles. The number of nitrogens with zero attached hydrogens (tertiary/aromatic N) is 4.